The summed E-state index contributed by atoms with van der Waals surface area (Å²) in [5.41, 5.74) is 1.10. The first-order chi connectivity index (χ1) is 17.9. The SMILES string of the molecule is C=CCOc1ccc(C(O)=C2C(=O)C(=O)N(CCN(CC)CC)[C@@H]2c2ccc(OCC)c(OC)c2)cc1. The Hall–Kier alpha value is -3.78. The molecule has 198 valence electrons. The monoisotopic (exact) mass is 508 g/mol. The Bertz CT molecular complexity index is 1140. The van der Waals surface area contributed by atoms with Crippen molar-refractivity contribution in [2.75, 3.05) is 46.5 Å². The lowest BCUT2D eigenvalue weighted by Crippen LogP contribution is -2.38. The number of likely N-dealkylation sites (tertiary alicyclic amines) is 1. The van der Waals surface area contributed by atoms with E-state index in [2.05, 4.69) is 25.3 Å². The van der Waals surface area contributed by atoms with Crippen molar-refractivity contribution in [2.24, 2.45) is 0 Å². The van der Waals surface area contributed by atoms with Crippen molar-refractivity contribution < 1.29 is 28.9 Å². The third-order valence-corrected chi connectivity index (χ3v) is 6.39. The van der Waals surface area contributed by atoms with Crippen LogP contribution in [0.15, 0.2) is 60.7 Å². The number of benzene rings is 2. The van der Waals surface area contributed by atoms with Crippen LogP contribution in [0.2, 0.25) is 0 Å². The van der Waals surface area contributed by atoms with Crippen LogP contribution in [0.4, 0.5) is 0 Å². The van der Waals surface area contributed by atoms with E-state index in [1.165, 1.54) is 12.0 Å². The molecule has 1 N–H and O–H groups in total. The minimum Gasteiger partial charge on any atom is -0.507 e. The number of methoxy groups -OCH3 is 1. The molecule has 1 heterocycles. The number of Topliss-reactive ketones (excluding diaryl/α,β-unsaturated/α-hetero) is 1. The number of aliphatic hydroxyl groups is 1. The van der Waals surface area contributed by atoms with E-state index in [1.807, 2.05) is 6.92 Å². The number of hydrogen-bond acceptors (Lipinski definition) is 7. The molecule has 3 rings (SSSR count). The van der Waals surface area contributed by atoms with Crippen LogP contribution in [0, 0.1) is 0 Å². The molecule has 0 aliphatic carbocycles. The number of likely N-dealkylation sites (N-methyl/N-ethyl adjacent to an activating group) is 1. The molecule has 1 fully saturated rings. The van der Waals surface area contributed by atoms with Gasteiger partial charge in [-0.2, -0.15) is 0 Å². The van der Waals surface area contributed by atoms with Gasteiger partial charge in [0, 0.05) is 18.7 Å². The van der Waals surface area contributed by atoms with E-state index < -0.39 is 17.7 Å². The summed E-state index contributed by atoms with van der Waals surface area (Å²) < 4.78 is 16.7. The predicted molar refractivity (Wildman–Crippen MR) is 143 cm³/mol. The third-order valence-electron chi connectivity index (χ3n) is 6.39. The summed E-state index contributed by atoms with van der Waals surface area (Å²) >= 11 is 0. The van der Waals surface area contributed by atoms with Crippen molar-refractivity contribution in [1.29, 1.82) is 0 Å². The second kappa shape index (κ2) is 13.0. The molecule has 1 amide bonds. The van der Waals surface area contributed by atoms with Gasteiger partial charge in [-0.3, -0.25) is 9.59 Å². The lowest BCUT2D eigenvalue weighted by Gasteiger charge is -2.28. The van der Waals surface area contributed by atoms with Gasteiger partial charge in [0.25, 0.3) is 11.7 Å². The van der Waals surface area contributed by atoms with Crippen molar-refractivity contribution >= 4 is 17.4 Å². The van der Waals surface area contributed by atoms with Crippen LogP contribution in [-0.2, 0) is 9.59 Å². The highest BCUT2D eigenvalue weighted by Crippen LogP contribution is 2.42. The fourth-order valence-corrected chi connectivity index (χ4v) is 4.39. The Morgan fingerprint density at radius 1 is 1.05 bits per heavy atom. The summed E-state index contributed by atoms with van der Waals surface area (Å²) in [6.07, 6.45) is 1.64. The molecule has 8 nitrogen and oxygen atoms in total. The van der Waals surface area contributed by atoms with E-state index in [0.717, 1.165) is 13.1 Å². The van der Waals surface area contributed by atoms with Gasteiger partial charge in [0.15, 0.2) is 11.5 Å². The minimum absolute atomic E-state index is 0.0375. The van der Waals surface area contributed by atoms with E-state index in [9.17, 15) is 14.7 Å². The normalized spacial score (nSPS) is 16.8. The average molecular weight is 509 g/mol. The maximum atomic E-state index is 13.3. The molecule has 1 aliphatic heterocycles. The molecule has 0 unspecified atom stereocenters. The quantitative estimate of drug-likeness (QED) is 0.185. The van der Waals surface area contributed by atoms with Gasteiger partial charge in [-0.15, -0.1) is 0 Å². The largest absolute Gasteiger partial charge is 0.507 e. The van der Waals surface area contributed by atoms with Gasteiger partial charge < -0.3 is 29.1 Å². The van der Waals surface area contributed by atoms with E-state index in [4.69, 9.17) is 14.2 Å². The Morgan fingerprint density at radius 3 is 2.35 bits per heavy atom. The van der Waals surface area contributed by atoms with Gasteiger partial charge in [-0.1, -0.05) is 32.6 Å². The zero-order valence-corrected chi connectivity index (χ0v) is 22.0. The van der Waals surface area contributed by atoms with E-state index in [0.29, 0.717) is 54.7 Å². The van der Waals surface area contributed by atoms with E-state index in [1.54, 1.807) is 48.5 Å². The molecule has 8 heteroatoms. The second-order valence-electron chi connectivity index (χ2n) is 8.49. The first kappa shape index (κ1) is 27.8. The van der Waals surface area contributed by atoms with Crippen LogP contribution in [0.5, 0.6) is 17.2 Å². The summed E-state index contributed by atoms with van der Waals surface area (Å²) in [6.45, 7) is 13.0. The minimum atomic E-state index is -0.781. The van der Waals surface area contributed by atoms with Crippen molar-refractivity contribution in [1.82, 2.24) is 9.80 Å². The third kappa shape index (κ3) is 6.14. The molecular weight excluding hydrogens is 472 g/mol. The zero-order chi connectivity index (χ0) is 26.9. The number of ether oxygens (including phenoxy) is 3. The van der Waals surface area contributed by atoms with Crippen LogP contribution in [0.3, 0.4) is 0 Å². The number of rotatable bonds is 13. The number of hydrogen-bond donors (Lipinski definition) is 1. The van der Waals surface area contributed by atoms with Gasteiger partial charge in [-0.05, 0) is 62.0 Å². The molecule has 0 aromatic heterocycles. The van der Waals surface area contributed by atoms with E-state index in [-0.39, 0.29) is 11.3 Å². The average Bonchev–Trinajstić information content (AvgIpc) is 3.17. The van der Waals surface area contributed by atoms with E-state index >= 15 is 0 Å². The van der Waals surface area contributed by atoms with Crippen LogP contribution in [-0.4, -0.2) is 73.1 Å². The Balaban J connectivity index is 2.10. The Labute approximate surface area is 218 Å². The molecule has 0 bridgehead atoms. The summed E-state index contributed by atoms with van der Waals surface area (Å²) in [6, 6.07) is 11.2. The van der Waals surface area contributed by atoms with Gasteiger partial charge >= 0.3 is 0 Å². The first-order valence-electron chi connectivity index (χ1n) is 12.6. The molecular formula is C29H36N2O6. The lowest BCUT2D eigenvalue weighted by atomic mass is 9.95. The number of amides is 1. The van der Waals surface area contributed by atoms with Gasteiger partial charge in [-0.25, -0.2) is 0 Å². The number of nitrogens with zero attached hydrogens (tertiary/aromatic N) is 2. The van der Waals surface area contributed by atoms with Crippen LogP contribution in [0.25, 0.3) is 5.76 Å². The smallest absolute Gasteiger partial charge is 0.295 e. The van der Waals surface area contributed by atoms with Gasteiger partial charge in [0.2, 0.25) is 0 Å². The molecule has 0 radical (unpaired) electrons. The summed E-state index contributed by atoms with van der Waals surface area (Å²) in [5, 5.41) is 11.3. The fourth-order valence-electron chi connectivity index (χ4n) is 4.39. The highest BCUT2D eigenvalue weighted by molar-refractivity contribution is 6.46. The summed E-state index contributed by atoms with van der Waals surface area (Å²) in [4.78, 5) is 30.3. The number of aliphatic hydroxyl groups excluding tert-OH is 1. The van der Waals surface area contributed by atoms with Gasteiger partial charge in [0.05, 0.1) is 25.3 Å². The fraction of sp³-hybridized carbons (Fsp3) is 0.379. The van der Waals surface area contributed by atoms with Crippen LogP contribution < -0.4 is 14.2 Å². The Kier molecular flexibility index (Phi) is 9.74. The Morgan fingerprint density at radius 2 is 1.76 bits per heavy atom. The maximum absolute atomic E-state index is 13.3. The van der Waals surface area contributed by atoms with Crippen LogP contribution >= 0.6 is 0 Å². The maximum Gasteiger partial charge on any atom is 0.295 e. The molecule has 37 heavy (non-hydrogen) atoms. The zero-order valence-electron chi connectivity index (χ0n) is 22.0. The van der Waals surface area contributed by atoms with Crippen molar-refractivity contribution in [3.8, 4) is 17.2 Å². The van der Waals surface area contributed by atoms with Gasteiger partial charge in [0.1, 0.15) is 18.1 Å². The molecule has 0 spiro atoms. The molecule has 2 aromatic rings. The van der Waals surface area contributed by atoms with Crippen molar-refractivity contribution in [3.63, 3.8) is 0 Å². The highest BCUT2D eigenvalue weighted by Gasteiger charge is 2.46. The predicted octanol–water partition coefficient (Wildman–Crippen LogP) is 4.42. The number of carbonyl (C=O) groups is 2. The first-order valence-corrected chi connectivity index (χ1v) is 12.6. The molecule has 1 saturated heterocycles. The number of carbonyl (C=O) groups excluding carboxylic acids is 2. The number of ketones is 1. The molecule has 2 aromatic carbocycles. The van der Waals surface area contributed by atoms with Crippen molar-refractivity contribution in [3.05, 3.63) is 71.8 Å². The lowest BCUT2D eigenvalue weighted by molar-refractivity contribution is -0.140. The van der Waals surface area contributed by atoms with Crippen molar-refractivity contribution in [2.45, 2.75) is 26.8 Å². The molecule has 1 aliphatic rings. The molecule has 0 saturated carbocycles. The molecule has 1 atom stereocenters. The standard InChI is InChI=1S/C29H36N2O6/c1-6-18-37-22-13-10-20(11-14-22)27(32)25-26(21-12-15-23(36-9-4)24(19-21)35-5)31(29(34)28(25)33)17-16-30(7-2)8-3/h6,10-15,19,26,32H,1,7-9,16-18H2,2-5H3/t26-/m1/s1. The van der Waals surface area contributed by atoms with Crippen LogP contribution in [0.1, 0.15) is 37.9 Å². The topological polar surface area (TPSA) is 88.5 Å². The summed E-state index contributed by atoms with van der Waals surface area (Å²) in [5.74, 6) is 0.0430. The second-order valence-corrected chi connectivity index (χ2v) is 8.49. The highest BCUT2D eigenvalue weighted by atomic mass is 16.5. The summed E-state index contributed by atoms with van der Waals surface area (Å²) in [7, 11) is 1.54.